The Labute approximate surface area is 805 Å². The van der Waals surface area contributed by atoms with Crippen molar-refractivity contribution in [2.45, 2.75) is 241 Å². The van der Waals surface area contributed by atoms with Crippen molar-refractivity contribution in [1.82, 2.24) is 0 Å². The maximum absolute atomic E-state index is 9.90. The molecule has 6 N–H and O–H groups in total. The quantitative estimate of drug-likeness (QED) is 0.0582. The van der Waals surface area contributed by atoms with E-state index in [2.05, 4.69) is 64.6 Å². The van der Waals surface area contributed by atoms with Gasteiger partial charge in [-0.1, -0.05) is 146 Å². The molecule has 0 radical (unpaired) electrons. The van der Waals surface area contributed by atoms with Gasteiger partial charge in [-0.15, -0.1) is 0 Å². The number of ether oxygens (including phenoxy) is 1. The van der Waals surface area contributed by atoms with Crippen molar-refractivity contribution in [3.63, 3.8) is 0 Å². The first-order valence-corrected chi connectivity index (χ1v) is 76.9. The molecule has 0 saturated heterocycles. The summed E-state index contributed by atoms with van der Waals surface area (Å²) in [5.74, 6) is 5.59. The molecular weight excluding hydrogens is 2190 g/mol. The van der Waals surface area contributed by atoms with E-state index < -0.39 is 125 Å². The molecule has 0 bridgehead atoms. The van der Waals surface area contributed by atoms with Crippen LogP contribution < -0.4 is 0 Å². The number of hydrogen-bond acceptors (Lipinski definition) is 13. The SMILES string of the molecule is CCC1CCCC1N=Cc1cccc(C)c1O.COC1CCCC1N=Cc1cccc(C)c1O.Cc1cccc(C=NC2CCCC2C)c1O.Cc1cccc(C=NC2CCCC2C)c1O.Cc1cccc(C=NC2CCCC2C)c1O.Cc1cccc(C=NC2CCCC2C)c1O.[Cl][Zr][Cl].[Cl][Zr][Cl].[Cl][Zr][Cl].[Cl][Zr][Cl].[Cl][Zr][Cl].[Cl][Zr][Cl]. The van der Waals surface area contributed by atoms with Crippen LogP contribution in [0.4, 0.5) is 0 Å². The zero-order valence-corrected chi connectivity index (χ0v) is 92.3. The Morgan fingerprint density at radius 3 is 0.672 bits per heavy atom. The molecule has 636 valence electrons. The van der Waals surface area contributed by atoms with Gasteiger partial charge in [0.2, 0.25) is 0 Å². The average Bonchev–Trinajstić information content (AvgIpc) is 1.74. The van der Waals surface area contributed by atoms with Crippen LogP contribution in [0.25, 0.3) is 0 Å². The van der Waals surface area contributed by atoms with Gasteiger partial charge >= 0.3 is 227 Å². The van der Waals surface area contributed by atoms with E-state index in [1.54, 1.807) is 13.3 Å². The van der Waals surface area contributed by atoms with Crippen molar-refractivity contribution in [2.75, 3.05) is 7.11 Å². The second-order valence-corrected chi connectivity index (χ2v) is 51.4. The van der Waals surface area contributed by atoms with E-state index >= 15 is 0 Å². The summed E-state index contributed by atoms with van der Waals surface area (Å²) < 4.78 is 5.39. The monoisotopic (exact) mass is 2290 g/mol. The zero-order valence-electron chi connectivity index (χ0n) is 68.5. The number of benzene rings is 6. The van der Waals surface area contributed by atoms with Gasteiger partial charge in [0.05, 0.1) is 42.4 Å². The van der Waals surface area contributed by atoms with Gasteiger partial charge in [-0.05, 0) is 224 Å². The van der Waals surface area contributed by atoms with Crippen LogP contribution in [0.1, 0.15) is 223 Å². The van der Waals surface area contributed by atoms with Crippen molar-refractivity contribution in [3.05, 3.63) is 176 Å². The van der Waals surface area contributed by atoms with Gasteiger partial charge in [0, 0.05) is 77.8 Å². The van der Waals surface area contributed by atoms with Gasteiger partial charge in [-0.3, -0.25) is 30.0 Å². The van der Waals surface area contributed by atoms with Gasteiger partial charge in [-0.2, -0.15) is 0 Å². The third-order valence-electron chi connectivity index (χ3n) is 21.2. The average molecular weight is 2310 g/mol. The molecule has 6 aliphatic carbocycles. The van der Waals surface area contributed by atoms with Crippen LogP contribution in [-0.2, 0) is 130 Å². The molecule has 116 heavy (non-hydrogen) atoms. The molecule has 0 aliphatic heterocycles. The molecule has 31 heteroatoms. The Balaban J connectivity index is 0.000000667. The predicted octanol–water partition coefficient (Wildman–Crippen LogP) is 27.9. The minimum atomic E-state index is -0.826. The summed E-state index contributed by atoms with van der Waals surface area (Å²) in [6.07, 6.45) is 34.5. The van der Waals surface area contributed by atoms with Gasteiger partial charge in [0.1, 0.15) is 34.5 Å². The molecule has 6 aliphatic rings. The number of phenols is 6. The molecule has 0 amide bonds. The summed E-state index contributed by atoms with van der Waals surface area (Å²) in [5.41, 5.74) is 10.4. The van der Waals surface area contributed by atoms with Crippen LogP contribution in [0.3, 0.4) is 0 Å². The summed E-state index contributed by atoms with van der Waals surface area (Å²) in [5, 5.41) is 59.2. The molecule has 0 aromatic heterocycles. The molecule has 12 unspecified atom stereocenters. The second kappa shape index (κ2) is 70.9. The van der Waals surface area contributed by atoms with E-state index in [-0.39, 0.29) is 12.1 Å². The molecule has 6 aromatic rings. The Morgan fingerprint density at radius 2 is 0.474 bits per heavy atom. The first-order chi connectivity index (χ1) is 55.7. The van der Waals surface area contributed by atoms with E-state index in [0.717, 1.165) is 85.5 Å². The van der Waals surface area contributed by atoms with Crippen molar-refractivity contribution in [2.24, 2.45) is 59.5 Å². The summed E-state index contributed by atoms with van der Waals surface area (Å²) in [6.45, 7) is 22.7. The number of halogens is 12. The molecule has 13 nitrogen and oxygen atoms in total. The van der Waals surface area contributed by atoms with Crippen molar-refractivity contribution in [3.8, 4) is 34.5 Å². The fourth-order valence-electron chi connectivity index (χ4n) is 14.2. The Hall–Kier alpha value is 0.879. The fraction of sp³-hybridized carbons (Fsp3) is 0.506. The number of rotatable bonds is 14. The molecule has 6 aromatic carbocycles. The van der Waals surface area contributed by atoms with E-state index in [9.17, 15) is 30.6 Å². The molecular formula is C85H116Cl12N6O7Zr6. The molecule has 0 heterocycles. The third kappa shape index (κ3) is 46.6. The topological polar surface area (TPSA) is 205 Å². The first kappa shape index (κ1) is 115. The van der Waals surface area contributed by atoms with Crippen LogP contribution in [0.5, 0.6) is 34.5 Å². The molecule has 0 spiro atoms. The fourth-order valence-corrected chi connectivity index (χ4v) is 14.2. The second-order valence-electron chi connectivity index (χ2n) is 29.0. The van der Waals surface area contributed by atoms with Crippen molar-refractivity contribution < 1.29 is 160 Å². The van der Waals surface area contributed by atoms with Crippen LogP contribution in [-0.4, -0.2) is 117 Å². The third-order valence-corrected chi connectivity index (χ3v) is 21.2. The molecule has 12 rings (SSSR count). The number of methoxy groups -OCH3 is 1. The van der Waals surface area contributed by atoms with Crippen LogP contribution in [0.15, 0.2) is 139 Å². The molecule has 6 saturated carbocycles. The summed E-state index contributed by atoms with van der Waals surface area (Å²) in [6, 6.07) is 37.0. The van der Waals surface area contributed by atoms with E-state index in [4.69, 9.17) is 107 Å². The number of phenolic OH excluding ortho intramolecular Hbond substituents is 6. The summed E-state index contributed by atoms with van der Waals surface area (Å²) >= 11 is -4.95. The van der Waals surface area contributed by atoms with E-state index in [0.29, 0.717) is 88.4 Å². The Kier molecular flexibility index (Phi) is 70.2. The van der Waals surface area contributed by atoms with Gasteiger partial charge < -0.3 is 35.4 Å². The first-order valence-electron chi connectivity index (χ1n) is 38.9. The minimum absolute atomic E-state index is 0.234. The standard InChI is InChI=1S/C15H21NO.C14H19NO2.4C14H19NO.12ClH.6Zr/c1-3-12-7-5-9-14(12)16-10-13-8-4-6-11(2)15(13)17;1-10-5-3-6-11(14(10)16)9-15-12-7-4-8-13(12)17-2;4*1-10-5-4-8-13(10)15-9-12-7-3-6-11(2)14(12)16;;;;;;;;;;;;;;;;;;/h4,6,8,10,12,14,17H,3,5,7,9H2,1-2H3;3,5-6,9,12-13,16H,4,7-8H2,1-2H3;4*3,6-7,9-10,13,16H,4-5,8H2,1-2H3;12*1H;;;;;;/q;;;;;;;;;;;;;;;;;;6*+2/p-12. The number of aliphatic imine (C=N–C) groups is 6. The number of aromatic hydroxyl groups is 6. The zero-order chi connectivity index (χ0) is 86.9. The molecule has 6 fully saturated rings. The van der Waals surface area contributed by atoms with E-state index in [1.807, 2.05) is 182 Å². The van der Waals surface area contributed by atoms with Crippen LogP contribution in [0, 0.1) is 71.1 Å². The normalized spacial score (nSPS) is 21.9. The van der Waals surface area contributed by atoms with Crippen molar-refractivity contribution >= 4 is 139 Å². The summed E-state index contributed by atoms with van der Waals surface area (Å²) in [7, 11) is 60.9. The van der Waals surface area contributed by atoms with Gasteiger partial charge in [0.25, 0.3) is 0 Å². The number of nitrogens with zero attached hydrogens (tertiary/aromatic N) is 6. The Bertz CT molecular complexity index is 3430. The predicted molar refractivity (Wildman–Crippen MR) is 480 cm³/mol. The Morgan fingerprint density at radius 1 is 0.293 bits per heavy atom. The van der Waals surface area contributed by atoms with Crippen molar-refractivity contribution in [1.29, 1.82) is 0 Å². The van der Waals surface area contributed by atoms with Gasteiger partial charge in [0.15, 0.2) is 0 Å². The van der Waals surface area contributed by atoms with E-state index in [1.165, 1.54) is 109 Å². The van der Waals surface area contributed by atoms with Crippen LogP contribution in [0.2, 0.25) is 0 Å². The number of para-hydroxylation sites is 6. The number of hydrogen-bond donors (Lipinski definition) is 6. The van der Waals surface area contributed by atoms with Crippen LogP contribution >= 0.6 is 102 Å². The number of aryl methyl sites for hydroxylation is 6. The van der Waals surface area contributed by atoms with Gasteiger partial charge in [-0.25, -0.2) is 0 Å². The summed E-state index contributed by atoms with van der Waals surface area (Å²) in [4.78, 5) is 27.6. The maximum atomic E-state index is 9.90. The molecule has 12 atom stereocenters.